The number of nitrogens with two attached hydrogens (primary N) is 1. The highest BCUT2D eigenvalue weighted by atomic mass is 35.5. The Morgan fingerprint density at radius 1 is 1.00 bits per heavy atom. The minimum absolute atomic E-state index is 0.0256. The number of hydrogen-bond donors (Lipinski definition) is 2. The molecule has 1 saturated heterocycles. The molecule has 6 heteroatoms. The molecule has 3 aromatic carbocycles. The molecular formula is C24H21ClN2O3. The highest BCUT2D eigenvalue weighted by Gasteiger charge is 2.25. The van der Waals surface area contributed by atoms with Crippen LogP contribution in [0.1, 0.15) is 21.5 Å². The van der Waals surface area contributed by atoms with Gasteiger partial charge in [-0.25, -0.2) is 0 Å². The zero-order chi connectivity index (χ0) is 20.8. The van der Waals surface area contributed by atoms with Gasteiger partial charge in [0.2, 0.25) is 5.91 Å². The van der Waals surface area contributed by atoms with E-state index in [2.05, 4.69) is 29.2 Å². The predicted octanol–water partition coefficient (Wildman–Crippen LogP) is 4.22. The molecule has 0 spiro atoms. The molecule has 5 rings (SSSR count). The molecule has 152 valence electrons. The summed E-state index contributed by atoms with van der Waals surface area (Å²) in [6, 6.07) is 15.4. The summed E-state index contributed by atoms with van der Waals surface area (Å²) in [6.45, 7) is 3.23. The minimum atomic E-state index is -0.445. The normalized spacial score (nSPS) is 15.0. The van der Waals surface area contributed by atoms with Gasteiger partial charge in [-0.2, -0.15) is 0 Å². The van der Waals surface area contributed by atoms with Gasteiger partial charge in [-0.3, -0.25) is 4.79 Å². The second kappa shape index (κ2) is 7.35. The van der Waals surface area contributed by atoms with Crippen LogP contribution in [-0.2, 0) is 11.2 Å². The lowest BCUT2D eigenvalue weighted by Crippen LogP contribution is -2.36. The Morgan fingerprint density at radius 3 is 2.53 bits per heavy atom. The summed E-state index contributed by atoms with van der Waals surface area (Å²) in [5, 5.41) is 10.0. The van der Waals surface area contributed by atoms with Gasteiger partial charge in [-0.05, 0) is 76.2 Å². The predicted molar refractivity (Wildman–Crippen MR) is 118 cm³/mol. The van der Waals surface area contributed by atoms with E-state index in [4.69, 9.17) is 22.1 Å². The molecule has 1 aliphatic carbocycles. The number of benzene rings is 3. The number of ether oxygens (including phenoxy) is 1. The molecule has 3 aromatic rings. The highest BCUT2D eigenvalue weighted by Crippen LogP contribution is 2.43. The number of primary amides is 1. The Kier molecular flexibility index (Phi) is 4.65. The fourth-order valence-electron chi connectivity index (χ4n) is 4.37. The standard InChI is InChI=1S/C24H21ClN2O3/c25-22-13-14(1-4-23(22)28)15-10-19-18-3-2-17(27-5-7-30-8-6-27)9-16(18)12-20(19)21(11-15)24(26)29/h1-4,9-11,13,28H,5-8,12H2,(H2,26,29). The molecule has 1 amide bonds. The SMILES string of the molecule is NC(=O)c1cc(-c2ccc(O)c(Cl)c2)cc2c1Cc1cc(N3CCOCC3)ccc1-2. The lowest BCUT2D eigenvalue weighted by molar-refractivity contribution is 0.0999. The van der Waals surface area contributed by atoms with E-state index in [0.717, 1.165) is 54.1 Å². The van der Waals surface area contributed by atoms with Crippen molar-refractivity contribution in [2.75, 3.05) is 31.2 Å². The number of rotatable bonds is 3. The van der Waals surface area contributed by atoms with Crippen LogP contribution in [0.15, 0.2) is 48.5 Å². The number of aromatic hydroxyl groups is 1. The fraction of sp³-hybridized carbons (Fsp3) is 0.208. The number of halogens is 1. The Hall–Kier alpha value is -3.02. The van der Waals surface area contributed by atoms with Gasteiger partial charge in [-0.1, -0.05) is 23.7 Å². The summed E-state index contributed by atoms with van der Waals surface area (Å²) in [5.74, 6) is -0.420. The van der Waals surface area contributed by atoms with Crippen molar-refractivity contribution in [1.82, 2.24) is 0 Å². The van der Waals surface area contributed by atoms with E-state index < -0.39 is 5.91 Å². The van der Waals surface area contributed by atoms with Crippen molar-refractivity contribution in [2.24, 2.45) is 5.73 Å². The largest absolute Gasteiger partial charge is 0.506 e. The molecule has 1 heterocycles. The average Bonchev–Trinajstić information content (AvgIpc) is 3.13. The molecule has 5 nitrogen and oxygen atoms in total. The summed E-state index contributed by atoms with van der Waals surface area (Å²) in [4.78, 5) is 14.6. The molecule has 0 radical (unpaired) electrons. The fourth-order valence-corrected chi connectivity index (χ4v) is 4.55. The molecular weight excluding hydrogens is 400 g/mol. The van der Waals surface area contributed by atoms with E-state index in [1.807, 2.05) is 6.07 Å². The van der Waals surface area contributed by atoms with Gasteiger partial charge < -0.3 is 20.5 Å². The van der Waals surface area contributed by atoms with Crippen molar-refractivity contribution >= 4 is 23.2 Å². The van der Waals surface area contributed by atoms with Gasteiger partial charge in [0.25, 0.3) is 0 Å². The van der Waals surface area contributed by atoms with Gasteiger partial charge in [0.05, 0.1) is 18.2 Å². The Morgan fingerprint density at radius 2 is 1.80 bits per heavy atom. The number of hydrogen-bond acceptors (Lipinski definition) is 4. The first kappa shape index (κ1) is 19.0. The van der Waals surface area contributed by atoms with Crippen molar-refractivity contribution in [1.29, 1.82) is 0 Å². The topological polar surface area (TPSA) is 75.8 Å². The molecule has 0 bridgehead atoms. The quantitative estimate of drug-likeness (QED) is 0.520. The second-order valence-corrected chi connectivity index (χ2v) is 8.11. The summed E-state index contributed by atoms with van der Waals surface area (Å²) >= 11 is 6.10. The number of anilines is 1. The van der Waals surface area contributed by atoms with Crippen LogP contribution in [0.3, 0.4) is 0 Å². The Balaban J connectivity index is 1.60. The van der Waals surface area contributed by atoms with Crippen molar-refractivity contribution in [2.45, 2.75) is 6.42 Å². The molecule has 2 aliphatic rings. The molecule has 0 unspecified atom stereocenters. The first-order valence-electron chi connectivity index (χ1n) is 9.93. The molecule has 0 aromatic heterocycles. The lowest BCUT2D eigenvalue weighted by atomic mass is 9.94. The number of amides is 1. The zero-order valence-corrected chi connectivity index (χ0v) is 17.1. The summed E-state index contributed by atoms with van der Waals surface area (Å²) < 4.78 is 5.46. The van der Waals surface area contributed by atoms with Crippen molar-refractivity contribution in [3.63, 3.8) is 0 Å². The molecule has 1 fully saturated rings. The van der Waals surface area contributed by atoms with E-state index in [9.17, 15) is 9.90 Å². The van der Waals surface area contributed by atoms with Gasteiger partial charge in [0, 0.05) is 24.3 Å². The first-order valence-corrected chi connectivity index (χ1v) is 10.3. The van der Waals surface area contributed by atoms with E-state index >= 15 is 0 Å². The second-order valence-electron chi connectivity index (χ2n) is 7.70. The maximum Gasteiger partial charge on any atom is 0.249 e. The Bertz CT molecular complexity index is 1170. The van der Waals surface area contributed by atoms with Crippen LogP contribution in [0.2, 0.25) is 5.02 Å². The van der Waals surface area contributed by atoms with Crippen molar-refractivity contribution in [3.05, 3.63) is 70.2 Å². The maximum absolute atomic E-state index is 12.3. The third-order valence-electron chi connectivity index (χ3n) is 5.92. The van der Waals surface area contributed by atoms with Crippen LogP contribution in [0.4, 0.5) is 5.69 Å². The highest BCUT2D eigenvalue weighted by molar-refractivity contribution is 6.32. The molecule has 0 atom stereocenters. The average molecular weight is 421 g/mol. The number of fused-ring (bicyclic) bond motifs is 3. The van der Waals surface area contributed by atoms with E-state index in [0.29, 0.717) is 12.0 Å². The molecule has 30 heavy (non-hydrogen) atoms. The van der Waals surface area contributed by atoms with Crippen LogP contribution in [0.5, 0.6) is 5.75 Å². The van der Waals surface area contributed by atoms with Crippen LogP contribution in [0.25, 0.3) is 22.3 Å². The summed E-state index contributed by atoms with van der Waals surface area (Å²) in [5.41, 5.74) is 13.4. The van der Waals surface area contributed by atoms with Crippen LogP contribution >= 0.6 is 11.6 Å². The van der Waals surface area contributed by atoms with Crippen molar-refractivity contribution in [3.8, 4) is 28.0 Å². The van der Waals surface area contributed by atoms with Crippen LogP contribution in [0, 0.1) is 0 Å². The molecule has 1 aliphatic heterocycles. The zero-order valence-electron chi connectivity index (χ0n) is 16.3. The Labute approximate surface area is 179 Å². The molecule has 3 N–H and O–H groups in total. The van der Waals surface area contributed by atoms with Crippen molar-refractivity contribution < 1.29 is 14.6 Å². The van der Waals surface area contributed by atoms with Gasteiger partial charge in [0.15, 0.2) is 0 Å². The van der Waals surface area contributed by atoms with E-state index in [1.54, 1.807) is 18.2 Å². The number of morpholine rings is 1. The third kappa shape index (κ3) is 3.20. The van der Waals surface area contributed by atoms with Crippen LogP contribution in [-0.4, -0.2) is 37.3 Å². The lowest BCUT2D eigenvalue weighted by Gasteiger charge is -2.29. The van der Waals surface area contributed by atoms with E-state index in [-0.39, 0.29) is 10.8 Å². The van der Waals surface area contributed by atoms with Gasteiger partial charge in [-0.15, -0.1) is 0 Å². The maximum atomic E-state index is 12.3. The van der Waals surface area contributed by atoms with Crippen LogP contribution < -0.4 is 10.6 Å². The number of carbonyl (C=O) groups excluding carboxylic acids is 1. The molecule has 0 saturated carbocycles. The number of nitrogens with zero attached hydrogens (tertiary/aromatic N) is 1. The smallest absolute Gasteiger partial charge is 0.249 e. The number of phenols is 1. The van der Waals surface area contributed by atoms with Gasteiger partial charge >= 0.3 is 0 Å². The number of phenolic OH excluding ortho intramolecular Hbond substituents is 1. The number of carbonyl (C=O) groups is 1. The third-order valence-corrected chi connectivity index (χ3v) is 6.22. The summed E-state index contributed by atoms with van der Waals surface area (Å²) in [7, 11) is 0. The first-order chi connectivity index (χ1) is 14.5. The monoisotopic (exact) mass is 420 g/mol. The summed E-state index contributed by atoms with van der Waals surface area (Å²) in [6.07, 6.45) is 0.678. The van der Waals surface area contributed by atoms with Gasteiger partial charge in [0.1, 0.15) is 5.75 Å². The van der Waals surface area contributed by atoms with E-state index in [1.165, 1.54) is 11.3 Å². The minimum Gasteiger partial charge on any atom is -0.506 e.